The van der Waals surface area contributed by atoms with E-state index in [-0.39, 0.29) is 12.0 Å². The van der Waals surface area contributed by atoms with Gasteiger partial charge in [-0.05, 0) is 88.2 Å². The predicted octanol–water partition coefficient (Wildman–Crippen LogP) is 5.86. The quantitative estimate of drug-likeness (QED) is 0.331. The number of aromatic nitrogens is 2. The van der Waals surface area contributed by atoms with E-state index in [9.17, 15) is 9.90 Å². The molecular weight excluding hydrogens is 470 g/mol. The largest absolute Gasteiger partial charge is 0.497 e. The molecule has 2 unspecified atom stereocenters. The van der Waals surface area contributed by atoms with Crippen molar-refractivity contribution in [2.45, 2.75) is 57.4 Å². The molecule has 2 atom stereocenters. The van der Waals surface area contributed by atoms with E-state index < -0.39 is 5.97 Å². The van der Waals surface area contributed by atoms with Crippen LogP contribution in [0.1, 0.15) is 49.1 Å². The third-order valence-electron chi connectivity index (χ3n) is 6.85. The topological polar surface area (TPSA) is 75.6 Å². The van der Waals surface area contributed by atoms with Gasteiger partial charge in [-0.2, -0.15) is 0 Å². The number of rotatable bonds is 11. The number of aliphatic carboxylic acids is 1. The Bertz CT molecular complexity index is 1090. The summed E-state index contributed by atoms with van der Waals surface area (Å²) in [4.78, 5) is 23.0. The van der Waals surface area contributed by atoms with Crippen molar-refractivity contribution in [3.8, 4) is 5.75 Å². The summed E-state index contributed by atoms with van der Waals surface area (Å²) in [5.41, 5.74) is 2.00. The number of carboxylic acids is 1. The number of benzene rings is 1. The number of hydrogen-bond acceptors (Lipinski definition) is 6. The van der Waals surface area contributed by atoms with Gasteiger partial charge in [-0.3, -0.25) is 9.78 Å². The van der Waals surface area contributed by atoms with Crippen molar-refractivity contribution in [3.05, 3.63) is 51.6 Å². The van der Waals surface area contributed by atoms with Crippen LogP contribution in [0.3, 0.4) is 0 Å². The van der Waals surface area contributed by atoms with Crippen LogP contribution in [0.25, 0.3) is 10.9 Å². The van der Waals surface area contributed by atoms with Gasteiger partial charge in [-0.1, -0.05) is 11.6 Å². The summed E-state index contributed by atoms with van der Waals surface area (Å²) < 4.78 is 5.40. The zero-order chi connectivity index (χ0) is 23.9. The number of fused-ring (bicyclic) bond motifs is 1. The molecule has 3 heterocycles. The van der Waals surface area contributed by atoms with Crippen molar-refractivity contribution in [1.82, 2.24) is 14.9 Å². The lowest BCUT2D eigenvalue weighted by Gasteiger charge is -2.38. The molecular formula is C26H32ClN3O3S. The number of thiazole rings is 1. The molecule has 3 aromatic rings. The molecule has 34 heavy (non-hydrogen) atoms. The second-order valence-corrected chi connectivity index (χ2v) is 10.4. The molecule has 1 aliphatic heterocycles. The number of methoxy groups -OCH3 is 1. The fraction of sp³-hybridized carbons (Fsp3) is 0.500. The summed E-state index contributed by atoms with van der Waals surface area (Å²) in [6.07, 6.45) is 11.0. The molecule has 1 N–H and O–H groups in total. The summed E-state index contributed by atoms with van der Waals surface area (Å²) in [5.74, 6) is -0.117. The molecule has 0 bridgehead atoms. The Morgan fingerprint density at radius 1 is 1.26 bits per heavy atom. The van der Waals surface area contributed by atoms with Crippen LogP contribution in [0.4, 0.5) is 0 Å². The number of nitrogens with zero attached hydrogens (tertiary/aromatic N) is 3. The van der Waals surface area contributed by atoms with Gasteiger partial charge in [0, 0.05) is 29.2 Å². The highest BCUT2D eigenvalue weighted by molar-refractivity contribution is 7.09. The first-order chi connectivity index (χ1) is 16.5. The lowest BCUT2D eigenvalue weighted by Crippen LogP contribution is -2.44. The first kappa shape index (κ1) is 24.9. The number of hydrogen-bond donors (Lipinski definition) is 1. The van der Waals surface area contributed by atoms with E-state index in [1.54, 1.807) is 24.6 Å². The SMILES string of the molecule is COc1ccc2ncc(Cl)c(CCCC3CC(C(=O)O)CCN3CCCCc3nccs3)c2c1. The van der Waals surface area contributed by atoms with Crippen molar-refractivity contribution in [2.24, 2.45) is 5.92 Å². The van der Waals surface area contributed by atoms with Gasteiger partial charge in [0.25, 0.3) is 0 Å². The first-order valence-electron chi connectivity index (χ1n) is 12.0. The molecule has 1 aliphatic rings. The standard InChI is InChI=1S/C26H32ClN3O3S/c1-33-20-8-9-24-22(16-20)21(23(27)17-29-24)6-4-5-19-15-18(26(31)32)10-13-30(19)12-3-2-7-25-28-11-14-34-25/h8-9,11,14,16-19H,2-7,10,12-13,15H2,1H3,(H,31,32). The second kappa shape index (κ2) is 12.0. The van der Waals surface area contributed by atoms with Gasteiger partial charge >= 0.3 is 5.97 Å². The van der Waals surface area contributed by atoms with Gasteiger partial charge in [0.15, 0.2) is 0 Å². The molecule has 2 aromatic heterocycles. The fourth-order valence-corrected chi connectivity index (χ4v) is 5.89. The average molecular weight is 502 g/mol. The van der Waals surface area contributed by atoms with Crippen molar-refractivity contribution >= 4 is 39.8 Å². The molecule has 0 spiro atoms. The molecule has 6 nitrogen and oxygen atoms in total. The van der Waals surface area contributed by atoms with Gasteiger partial charge in [0.2, 0.25) is 0 Å². The molecule has 0 aliphatic carbocycles. The van der Waals surface area contributed by atoms with Crippen LogP contribution in [0, 0.1) is 5.92 Å². The number of carbonyl (C=O) groups is 1. The molecule has 1 fully saturated rings. The molecule has 0 saturated carbocycles. The van der Waals surface area contributed by atoms with Crippen molar-refractivity contribution in [2.75, 3.05) is 20.2 Å². The highest BCUT2D eigenvalue weighted by Gasteiger charge is 2.31. The van der Waals surface area contributed by atoms with Gasteiger partial charge in [0.1, 0.15) is 5.75 Å². The lowest BCUT2D eigenvalue weighted by atomic mass is 9.87. The number of halogens is 1. The van der Waals surface area contributed by atoms with E-state index in [1.165, 1.54) is 5.01 Å². The Hall–Kier alpha value is -2.22. The number of aryl methyl sites for hydroxylation is 2. The minimum Gasteiger partial charge on any atom is -0.497 e. The Morgan fingerprint density at radius 3 is 2.91 bits per heavy atom. The molecule has 8 heteroatoms. The summed E-state index contributed by atoms with van der Waals surface area (Å²) in [6, 6.07) is 6.16. The number of pyridine rings is 1. The third-order valence-corrected chi connectivity index (χ3v) is 8.02. The Labute approximate surface area is 209 Å². The van der Waals surface area contributed by atoms with E-state index >= 15 is 0 Å². The number of ether oxygens (including phenoxy) is 1. The van der Waals surface area contributed by atoms with Gasteiger partial charge in [-0.25, -0.2) is 4.98 Å². The maximum Gasteiger partial charge on any atom is 0.306 e. The molecule has 1 saturated heterocycles. The van der Waals surface area contributed by atoms with Crippen LogP contribution in [-0.4, -0.2) is 52.2 Å². The van der Waals surface area contributed by atoms with E-state index in [1.807, 2.05) is 29.8 Å². The molecule has 4 rings (SSSR count). The monoisotopic (exact) mass is 501 g/mol. The third kappa shape index (κ3) is 6.26. The minimum atomic E-state index is -0.663. The van der Waals surface area contributed by atoms with Crippen molar-refractivity contribution < 1.29 is 14.6 Å². The molecule has 1 aromatic carbocycles. The molecule has 0 amide bonds. The van der Waals surface area contributed by atoms with Crippen LogP contribution in [0.15, 0.2) is 36.0 Å². The zero-order valence-electron chi connectivity index (χ0n) is 19.6. The number of piperidine rings is 1. The summed E-state index contributed by atoms with van der Waals surface area (Å²) in [7, 11) is 1.66. The predicted molar refractivity (Wildman–Crippen MR) is 137 cm³/mol. The van der Waals surface area contributed by atoms with Crippen molar-refractivity contribution in [1.29, 1.82) is 0 Å². The number of likely N-dealkylation sites (tertiary alicyclic amines) is 1. The number of carboxylic acid groups (broad SMARTS) is 1. The van der Waals surface area contributed by atoms with Gasteiger partial charge < -0.3 is 14.7 Å². The molecule has 182 valence electrons. The van der Waals surface area contributed by atoms with Crippen molar-refractivity contribution in [3.63, 3.8) is 0 Å². The van der Waals surface area contributed by atoms with Gasteiger partial charge in [0.05, 0.1) is 28.6 Å². The Morgan fingerprint density at radius 2 is 2.15 bits per heavy atom. The summed E-state index contributed by atoms with van der Waals surface area (Å²) in [5, 5.41) is 14.5. The smallest absolute Gasteiger partial charge is 0.306 e. The van der Waals surface area contributed by atoms with Crippen LogP contribution in [0.2, 0.25) is 5.02 Å². The van der Waals surface area contributed by atoms with E-state index in [2.05, 4.69) is 14.9 Å². The normalized spacial score (nSPS) is 18.9. The maximum atomic E-state index is 11.7. The molecule has 0 radical (unpaired) electrons. The van der Waals surface area contributed by atoms with Crippen LogP contribution < -0.4 is 4.74 Å². The Balaban J connectivity index is 1.38. The highest BCUT2D eigenvalue weighted by atomic mass is 35.5. The second-order valence-electron chi connectivity index (χ2n) is 8.99. The summed E-state index contributed by atoms with van der Waals surface area (Å²) >= 11 is 8.26. The zero-order valence-corrected chi connectivity index (χ0v) is 21.2. The Kier molecular flexibility index (Phi) is 8.75. The number of unbranched alkanes of at least 4 members (excludes halogenated alkanes) is 1. The van der Waals surface area contributed by atoms with Gasteiger partial charge in [-0.15, -0.1) is 11.3 Å². The highest BCUT2D eigenvalue weighted by Crippen LogP contribution is 2.31. The maximum absolute atomic E-state index is 11.7. The van der Waals surface area contributed by atoms with E-state index in [4.69, 9.17) is 16.3 Å². The van der Waals surface area contributed by atoms with Crippen LogP contribution in [0.5, 0.6) is 5.75 Å². The fourth-order valence-electron chi connectivity index (χ4n) is 4.98. The van der Waals surface area contributed by atoms with E-state index in [0.717, 1.165) is 86.7 Å². The average Bonchev–Trinajstić information content (AvgIpc) is 3.37. The lowest BCUT2D eigenvalue weighted by molar-refractivity contribution is -0.144. The van der Waals surface area contributed by atoms with Crippen LogP contribution >= 0.6 is 22.9 Å². The van der Waals surface area contributed by atoms with E-state index in [0.29, 0.717) is 5.02 Å². The van der Waals surface area contributed by atoms with Crippen LogP contribution in [-0.2, 0) is 17.6 Å². The minimum absolute atomic E-state index is 0.244. The first-order valence-corrected chi connectivity index (χ1v) is 13.3. The summed E-state index contributed by atoms with van der Waals surface area (Å²) in [6.45, 7) is 1.87.